The number of piperidine rings is 1. The summed E-state index contributed by atoms with van der Waals surface area (Å²) in [4.78, 5) is 28.1. The third-order valence-corrected chi connectivity index (χ3v) is 7.00. The standard InChI is InChI=1S/C28H28ClN5O3/c1-2-24-22(7-4-19-5-9-25(30)31-17-19)26(33-18-32-24)20-6-8-21(23(29)16-20)27(35)34-12-10-28(11-13-34)36-14-3-15-37-28/h5-6,8-9,16-18H,2-3,10-15H2,1H3,(H2,30,31). The Morgan fingerprint density at radius 1 is 1.11 bits per heavy atom. The Morgan fingerprint density at radius 2 is 1.89 bits per heavy atom. The predicted octanol–water partition coefficient (Wildman–Crippen LogP) is 4.11. The SMILES string of the molecule is CCc1ncnc(-c2ccc(C(=O)N3CCC4(CC3)OCCCO4)c(Cl)c2)c1C#Cc1ccc(N)nc1. The first kappa shape index (κ1) is 25.2. The smallest absolute Gasteiger partial charge is 0.255 e. The van der Waals surface area contributed by atoms with Crippen LogP contribution in [0.2, 0.25) is 5.02 Å². The molecule has 0 bridgehead atoms. The van der Waals surface area contributed by atoms with E-state index in [0.29, 0.717) is 73.2 Å². The van der Waals surface area contributed by atoms with Crippen molar-refractivity contribution in [2.24, 2.45) is 0 Å². The molecule has 0 radical (unpaired) electrons. The molecule has 190 valence electrons. The van der Waals surface area contributed by atoms with Crippen LogP contribution in [0.25, 0.3) is 11.3 Å². The third-order valence-electron chi connectivity index (χ3n) is 6.68. The molecule has 4 heterocycles. The van der Waals surface area contributed by atoms with E-state index in [9.17, 15) is 4.79 Å². The number of likely N-dealkylation sites (tertiary alicyclic amines) is 1. The van der Waals surface area contributed by atoms with Gasteiger partial charge in [0.15, 0.2) is 5.79 Å². The van der Waals surface area contributed by atoms with E-state index in [4.69, 9.17) is 26.8 Å². The van der Waals surface area contributed by atoms with Gasteiger partial charge in [0, 0.05) is 43.3 Å². The number of aryl methyl sites for hydroxylation is 1. The number of hydrogen-bond donors (Lipinski definition) is 1. The summed E-state index contributed by atoms with van der Waals surface area (Å²) in [6.45, 7) is 4.54. The van der Waals surface area contributed by atoms with Gasteiger partial charge in [-0.05, 0) is 37.1 Å². The average molecular weight is 518 g/mol. The van der Waals surface area contributed by atoms with Crippen LogP contribution in [-0.4, -0.2) is 57.8 Å². The number of carbonyl (C=O) groups excluding carboxylic acids is 1. The monoisotopic (exact) mass is 517 g/mol. The molecule has 2 N–H and O–H groups in total. The Morgan fingerprint density at radius 3 is 2.57 bits per heavy atom. The molecule has 0 aliphatic carbocycles. The van der Waals surface area contributed by atoms with E-state index in [1.54, 1.807) is 24.4 Å². The fraction of sp³-hybridized carbons (Fsp3) is 0.357. The first-order valence-electron chi connectivity index (χ1n) is 12.4. The molecular formula is C28H28ClN5O3. The molecule has 2 aliphatic heterocycles. The Kier molecular flexibility index (Phi) is 7.38. The molecule has 0 unspecified atom stereocenters. The fourth-order valence-corrected chi connectivity index (χ4v) is 4.88. The lowest BCUT2D eigenvalue weighted by molar-refractivity contribution is -0.281. The summed E-state index contributed by atoms with van der Waals surface area (Å²) in [7, 11) is 0. The highest BCUT2D eigenvalue weighted by molar-refractivity contribution is 6.34. The number of amides is 1. The number of nitrogens with zero attached hydrogens (tertiary/aromatic N) is 4. The summed E-state index contributed by atoms with van der Waals surface area (Å²) in [5.41, 5.74) is 9.83. The van der Waals surface area contributed by atoms with Crippen molar-refractivity contribution in [1.29, 1.82) is 0 Å². The Hall–Kier alpha value is -3.51. The summed E-state index contributed by atoms with van der Waals surface area (Å²) >= 11 is 6.65. The summed E-state index contributed by atoms with van der Waals surface area (Å²) in [6, 6.07) is 8.91. The van der Waals surface area contributed by atoms with Gasteiger partial charge in [-0.1, -0.05) is 36.4 Å². The van der Waals surface area contributed by atoms with Crippen LogP contribution < -0.4 is 5.73 Å². The summed E-state index contributed by atoms with van der Waals surface area (Å²) in [5, 5.41) is 0.367. The van der Waals surface area contributed by atoms with Gasteiger partial charge >= 0.3 is 0 Å². The van der Waals surface area contributed by atoms with Crippen LogP contribution in [0.3, 0.4) is 0 Å². The lowest BCUT2D eigenvalue weighted by atomic mass is 9.99. The zero-order chi connectivity index (χ0) is 25.8. The summed E-state index contributed by atoms with van der Waals surface area (Å²) in [5.74, 6) is 6.12. The van der Waals surface area contributed by atoms with Gasteiger partial charge in [0.05, 0.1) is 40.8 Å². The van der Waals surface area contributed by atoms with Crippen molar-refractivity contribution in [3.63, 3.8) is 0 Å². The number of benzene rings is 1. The number of pyridine rings is 1. The van der Waals surface area contributed by atoms with Crippen LogP contribution in [0.1, 0.15) is 53.4 Å². The van der Waals surface area contributed by atoms with Crippen molar-refractivity contribution in [2.75, 3.05) is 32.0 Å². The van der Waals surface area contributed by atoms with Gasteiger partial charge in [0.25, 0.3) is 5.91 Å². The number of carbonyl (C=O) groups is 1. The molecule has 3 aromatic rings. The molecule has 2 saturated heterocycles. The zero-order valence-electron chi connectivity index (χ0n) is 20.7. The number of halogens is 1. The highest BCUT2D eigenvalue weighted by Gasteiger charge is 2.39. The second-order valence-corrected chi connectivity index (χ2v) is 9.47. The number of hydrogen-bond acceptors (Lipinski definition) is 7. The molecule has 0 saturated carbocycles. The lowest BCUT2D eigenvalue weighted by Gasteiger charge is -2.43. The van der Waals surface area contributed by atoms with E-state index in [2.05, 4.69) is 26.8 Å². The van der Waals surface area contributed by atoms with Gasteiger partial charge in [-0.2, -0.15) is 0 Å². The number of nitrogen functional groups attached to an aromatic ring is 1. The molecule has 5 rings (SSSR count). The molecule has 1 spiro atoms. The van der Waals surface area contributed by atoms with Gasteiger partial charge in [-0.15, -0.1) is 0 Å². The number of aromatic nitrogens is 3. The number of anilines is 1. The summed E-state index contributed by atoms with van der Waals surface area (Å²) in [6.07, 6.45) is 6.05. The fourth-order valence-electron chi connectivity index (χ4n) is 4.62. The van der Waals surface area contributed by atoms with E-state index in [1.165, 1.54) is 6.33 Å². The van der Waals surface area contributed by atoms with Crippen LogP contribution in [0.4, 0.5) is 5.82 Å². The second kappa shape index (κ2) is 10.9. The van der Waals surface area contributed by atoms with Crippen LogP contribution in [0.5, 0.6) is 0 Å². The molecule has 1 aromatic carbocycles. The molecule has 2 fully saturated rings. The van der Waals surface area contributed by atoms with Crippen LogP contribution >= 0.6 is 11.6 Å². The van der Waals surface area contributed by atoms with Gasteiger partial charge in [0.1, 0.15) is 12.1 Å². The molecule has 0 atom stereocenters. The van der Waals surface area contributed by atoms with Gasteiger partial charge in [-0.3, -0.25) is 4.79 Å². The maximum absolute atomic E-state index is 13.3. The highest BCUT2D eigenvalue weighted by Crippen LogP contribution is 2.33. The minimum Gasteiger partial charge on any atom is -0.384 e. The summed E-state index contributed by atoms with van der Waals surface area (Å²) < 4.78 is 11.8. The second-order valence-electron chi connectivity index (χ2n) is 9.07. The van der Waals surface area contributed by atoms with E-state index in [-0.39, 0.29) is 5.91 Å². The first-order chi connectivity index (χ1) is 18.0. The van der Waals surface area contributed by atoms with Crippen molar-refractivity contribution in [3.8, 4) is 23.1 Å². The van der Waals surface area contributed by atoms with E-state index >= 15 is 0 Å². The van der Waals surface area contributed by atoms with Gasteiger partial charge in [0.2, 0.25) is 0 Å². The zero-order valence-corrected chi connectivity index (χ0v) is 21.4. The normalized spacial score (nSPS) is 16.8. The van der Waals surface area contributed by atoms with E-state index in [0.717, 1.165) is 23.2 Å². The van der Waals surface area contributed by atoms with E-state index < -0.39 is 5.79 Å². The number of nitrogens with two attached hydrogens (primary N) is 1. The lowest BCUT2D eigenvalue weighted by Crippen LogP contribution is -2.51. The quantitative estimate of drug-likeness (QED) is 0.521. The van der Waals surface area contributed by atoms with Gasteiger partial charge < -0.3 is 20.1 Å². The molecule has 2 aromatic heterocycles. The minimum atomic E-state index is -0.549. The predicted molar refractivity (Wildman–Crippen MR) is 141 cm³/mol. The minimum absolute atomic E-state index is 0.102. The van der Waals surface area contributed by atoms with Crippen molar-refractivity contribution in [2.45, 2.75) is 38.4 Å². The molecule has 37 heavy (non-hydrogen) atoms. The van der Waals surface area contributed by atoms with Gasteiger partial charge in [-0.25, -0.2) is 15.0 Å². The number of rotatable bonds is 3. The largest absolute Gasteiger partial charge is 0.384 e. The molecule has 2 aliphatic rings. The van der Waals surface area contributed by atoms with Crippen molar-refractivity contribution in [1.82, 2.24) is 19.9 Å². The van der Waals surface area contributed by atoms with Crippen molar-refractivity contribution >= 4 is 23.3 Å². The van der Waals surface area contributed by atoms with Crippen LogP contribution in [-0.2, 0) is 15.9 Å². The van der Waals surface area contributed by atoms with E-state index in [1.807, 2.05) is 24.0 Å². The molecule has 1 amide bonds. The topological polar surface area (TPSA) is 103 Å². The third kappa shape index (κ3) is 5.44. The number of ether oxygens (including phenoxy) is 2. The van der Waals surface area contributed by atoms with Crippen LogP contribution in [0, 0.1) is 11.8 Å². The Labute approximate surface area is 221 Å². The molecule has 8 nitrogen and oxygen atoms in total. The molecule has 9 heteroatoms. The molecular weight excluding hydrogens is 490 g/mol. The van der Waals surface area contributed by atoms with Crippen molar-refractivity contribution in [3.05, 3.63) is 70.3 Å². The first-order valence-corrected chi connectivity index (χ1v) is 12.8. The Balaban J connectivity index is 1.39. The maximum Gasteiger partial charge on any atom is 0.255 e. The average Bonchev–Trinajstić information content (AvgIpc) is 2.93. The maximum atomic E-state index is 13.3. The van der Waals surface area contributed by atoms with Crippen LogP contribution in [0.15, 0.2) is 42.9 Å². The van der Waals surface area contributed by atoms with Crippen molar-refractivity contribution < 1.29 is 14.3 Å². The highest BCUT2D eigenvalue weighted by atomic mass is 35.5. The Bertz CT molecular complexity index is 1350.